The molecule has 1 fully saturated rings. The molecule has 1 aliphatic rings. The van der Waals surface area contributed by atoms with E-state index in [-0.39, 0.29) is 18.4 Å². The first kappa shape index (κ1) is 15.7. The number of hydrogen-bond donors (Lipinski definition) is 1. The average molecular weight is 333 g/mol. The Bertz CT molecular complexity index is 681. The summed E-state index contributed by atoms with van der Waals surface area (Å²) in [6, 6.07) is 3.48. The number of carbonyl (C=O) groups excluding carboxylic acids is 2. The molecule has 1 N–H and O–H groups in total. The Kier molecular flexibility index (Phi) is 4.76. The summed E-state index contributed by atoms with van der Waals surface area (Å²) in [5.74, 6) is 1.06. The number of nitrogens with one attached hydrogen (secondary N) is 1. The van der Waals surface area contributed by atoms with Gasteiger partial charge in [-0.3, -0.25) is 9.59 Å². The van der Waals surface area contributed by atoms with Gasteiger partial charge in [0.2, 0.25) is 17.7 Å². The van der Waals surface area contributed by atoms with E-state index in [2.05, 4.69) is 10.3 Å². The smallest absolute Gasteiger partial charge is 0.243 e. The summed E-state index contributed by atoms with van der Waals surface area (Å²) in [6.45, 7) is 2.69. The Labute approximate surface area is 138 Å². The molecule has 0 radical (unpaired) electrons. The third-order valence-corrected chi connectivity index (χ3v) is 4.74. The molecule has 0 aliphatic carbocycles. The topological polar surface area (TPSA) is 75.4 Å². The molecule has 1 aliphatic heterocycles. The van der Waals surface area contributed by atoms with Gasteiger partial charge in [0.25, 0.3) is 0 Å². The fourth-order valence-electron chi connectivity index (χ4n) is 2.77. The first-order valence-corrected chi connectivity index (χ1v) is 8.52. The Balaban J connectivity index is 1.57. The maximum Gasteiger partial charge on any atom is 0.243 e. The molecule has 2 amide bonds. The van der Waals surface area contributed by atoms with Crippen LogP contribution in [0.5, 0.6) is 0 Å². The standard InChI is InChI=1S/C16H19N3O3S/c1-11-9-17-14(22-11)10-18-16(21)13-5-2-6-19(13)15(20)8-12-4-3-7-23-12/h3-4,7,9,13H,2,5-6,8,10H2,1H3,(H,18,21). The first-order valence-electron chi connectivity index (χ1n) is 7.64. The minimum Gasteiger partial charge on any atom is -0.444 e. The number of likely N-dealkylation sites (tertiary alicyclic amines) is 1. The fraction of sp³-hybridized carbons (Fsp3) is 0.438. The predicted octanol–water partition coefficient (Wildman–Crippen LogP) is 1.89. The molecule has 0 aromatic carbocycles. The summed E-state index contributed by atoms with van der Waals surface area (Å²) in [4.78, 5) is 31.6. The minimum absolute atomic E-state index is 0.0112. The number of aromatic nitrogens is 1. The molecule has 3 rings (SSSR count). The number of amides is 2. The van der Waals surface area contributed by atoms with Gasteiger partial charge in [-0.25, -0.2) is 4.98 Å². The van der Waals surface area contributed by atoms with Crippen LogP contribution in [-0.2, 0) is 22.6 Å². The van der Waals surface area contributed by atoms with E-state index >= 15 is 0 Å². The fourth-order valence-corrected chi connectivity index (χ4v) is 3.46. The number of aryl methyl sites for hydroxylation is 1. The van der Waals surface area contributed by atoms with Crippen LogP contribution in [0, 0.1) is 6.92 Å². The quantitative estimate of drug-likeness (QED) is 0.907. The largest absolute Gasteiger partial charge is 0.444 e. The van der Waals surface area contributed by atoms with E-state index in [4.69, 9.17) is 4.42 Å². The molecule has 0 bridgehead atoms. The number of nitrogens with zero attached hydrogens (tertiary/aromatic N) is 2. The molecule has 6 nitrogen and oxygen atoms in total. The molecule has 23 heavy (non-hydrogen) atoms. The van der Waals surface area contributed by atoms with E-state index in [0.717, 1.165) is 11.3 Å². The van der Waals surface area contributed by atoms with Gasteiger partial charge in [0.15, 0.2) is 0 Å². The molecule has 7 heteroatoms. The summed E-state index contributed by atoms with van der Waals surface area (Å²) in [7, 11) is 0. The van der Waals surface area contributed by atoms with Crippen LogP contribution in [0.3, 0.4) is 0 Å². The van der Waals surface area contributed by atoms with Gasteiger partial charge in [-0.15, -0.1) is 11.3 Å². The molecule has 1 atom stereocenters. The van der Waals surface area contributed by atoms with Crippen LogP contribution in [0.4, 0.5) is 0 Å². The van der Waals surface area contributed by atoms with E-state index in [1.54, 1.807) is 29.4 Å². The van der Waals surface area contributed by atoms with Crippen molar-refractivity contribution in [1.29, 1.82) is 0 Å². The van der Waals surface area contributed by atoms with Crippen LogP contribution in [0.15, 0.2) is 28.1 Å². The third kappa shape index (κ3) is 3.79. The second-order valence-corrected chi connectivity index (χ2v) is 6.62. The van der Waals surface area contributed by atoms with Crippen LogP contribution >= 0.6 is 11.3 Å². The number of oxazole rings is 1. The van der Waals surface area contributed by atoms with Crippen molar-refractivity contribution in [2.75, 3.05) is 6.54 Å². The molecular formula is C16H19N3O3S. The number of thiophene rings is 1. The van der Waals surface area contributed by atoms with Crippen LogP contribution in [0.2, 0.25) is 0 Å². The molecular weight excluding hydrogens is 314 g/mol. The zero-order valence-corrected chi connectivity index (χ0v) is 13.8. The van der Waals surface area contributed by atoms with E-state index < -0.39 is 6.04 Å². The Morgan fingerprint density at radius 3 is 3.09 bits per heavy atom. The van der Waals surface area contributed by atoms with Gasteiger partial charge in [0, 0.05) is 11.4 Å². The second-order valence-electron chi connectivity index (χ2n) is 5.58. The maximum absolute atomic E-state index is 12.4. The van der Waals surface area contributed by atoms with Gasteiger partial charge in [-0.05, 0) is 31.2 Å². The van der Waals surface area contributed by atoms with Gasteiger partial charge in [-0.1, -0.05) is 6.07 Å². The lowest BCUT2D eigenvalue weighted by molar-refractivity contribution is -0.138. The van der Waals surface area contributed by atoms with E-state index in [0.29, 0.717) is 31.0 Å². The third-order valence-electron chi connectivity index (χ3n) is 3.86. The SMILES string of the molecule is Cc1cnc(CNC(=O)C2CCCN2C(=O)Cc2cccs2)o1. The molecule has 3 heterocycles. The summed E-state index contributed by atoms with van der Waals surface area (Å²) < 4.78 is 5.34. The summed E-state index contributed by atoms with van der Waals surface area (Å²) in [5.41, 5.74) is 0. The summed E-state index contributed by atoms with van der Waals surface area (Å²) >= 11 is 1.56. The molecule has 0 saturated carbocycles. The summed E-state index contributed by atoms with van der Waals surface area (Å²) in [5, 5.41) is 4.76. The predicted molar refractivity (Wildman–Crippen MR) is 85.8 cm³/mol. The molecule has 122 valence electrons. The van der Waals surface area contributed by atoms with Crippen molar-refractivity contribution < 1.29 is 14.0 Å². The number of carbonyl (C=O) groups is 2. The highest BCUT2D eigenvalue weighted by Gasteiger charge is 2.33. The zero-order chi connectivity index (χ0) is 16.2. The lowest BCUT2D eigenvalue weighted by Gasteiger charge is -2.23. The Morgan fingerprint density at radius 2 is 2.39 bits per heavy atom. The van der Waals surface area contributed by atoms with Crippen molar-refractivity contribution in [2.24, 2.45) is 0 Å². The van der Waals surface area contributed by atoms with Gasteiger partial charge >= 0.3 is 0 Å². The highest BCUT2D eigenvalue weighted by Crippen LogP contribution is 2.20. The zero-order valence-electron chi connectivity index (χ0n) is 12.9. The molecule has 0 spiro atoms. The number of hydrogen-bond acceptors (Lipinski definition) is 5. The Morgan fingerprint density at radius 1 is 1.52 bits per heavy atom. The van der Waals surface area contributed by atoms with Crippen molar-refractivity contribution in [3.63, 3.8) is 0 Å². The van der Waals surface area contributed by atoms with Crippen molar-refractivity contribution in [3.05, 3.63) is 40.2 Å². The lowest BCUT2D eigenvalue weighted by atomic mass is 10.2. The van der Waals surface area contributed by atoms with Gasteiger partial charge in [-0.2, -0.15) is 0 Å². The van der Waals surface area contributed by atoms with E-state index in [1.165, 1.54) is 0 Å². The van der Waals surface area contributed by atoms with Gasteiger partial charge in [0.05, 0.1) is 19.2 Å². The highest BCUT2D eigenvalue weighted by molar-refractivity contribution is 7.10. The van der Waals surface area contributed by atoms with Crippen LogP contribution in [0.1, 0.15) is 29.4 Å². The minimum atomic E-state index is -0.390. The molecule has 2 aromatic rings. The second kappa shape index (κ2) is 6.95. The van der Waals surface area contributed by atoms with Gasteiger partial charge in [0.1, 0.15) is 11.8 Å². The highest BCUT2D eigenvalue weighted by atomic mass is 32.1. The average Bonchev–Trinajstić information content (AvgIpc) is 3.26. The molecule has 2 aromatic heterocycles. The van der Waals surface area contributed by atoms with Crippen LogP contribution < -0.4 is 5.32 Å². The van der Waals surface area contributed by atoms with E-state index in [1.807, 2.05) is 17.5 Å². The van der Waals surface area contributed by atoms with Crippen LogP contribution in [-0.4, -0.2) is 34.3 Å². The van der Waals surface area contributed by atoms with Crippen molar-refractivity contribution >= 4 is 23.2 Å². The molecule has 1 unspecified atom stereocenters. The normalized spacial score (nSPS) is 17.4. The molecule has 1 saturated heterocycles. The lowest BCUT2D eigenvalue weighted by Crippen LogP contribution is -2.46. The van der Waals surface area contributed by atoms with Crippen molar-refractivity contribution in [2.45, 2.75) is 38.8 Å². The first-order chi connectivity index (χ1) is 11.1. The number of rotatable bonds is 5. The van der Waals surface area contributed by atoms with Gasteiger partial charge < -0.3 is 14.6 Å². The van der Waals surface area contributed by atoms with Crippen molar-refractivity contribution in [3.8, 4) is 0 Å². The van der Waals surface area contributed by atoms with Crippen LogP contribution in [0.25, 0.3) is 0 Å². The van der Waals surface area contributed by atoms with Crippen molar-refractivity contribution in [1.82, 2.24) is 15.2 Å². The summed E-state index contributed by atoms with van der Waals surface area (Å²) in [6.07, 6.45) is 3.54. The Hall–Kier alpha value is -2.15. The van der Waals surface area contributed by atoms with E-state index in [9.17, 15) is 9.59 Å². The maximum atomic E-state index is 12.4. The monoisotopic (exact) mass is 333 g/mol.